The zero-order valence-electron chi connectivity index (χ0n) is 15.9. The summed E-state index contributed by atoms with van der Waals surface area (Å²) in [5.74, 6) is 1.11. The number of carbonyl (C=O) groups excluding carboxylic acids is 1. The van der Waals surface area contributed by atoms with Crippen LogP contribution in [0.25, 0.3) is 11.4 Å². The van der Waals surface area contributed by atoms with Crippen molar-refractivity contribution < 1.29 is 14.1 Å². The number of ether oxygens (including phenoxy) is 1. The molecular formula is C20H23ClN4O3. The van der Waals surface area contributed by atoms with E-state index in [1.54, 1.807) is 14.0 Å². The maximum absolute atomic E-state index is 12.4. The predicted octanol–water partition coefficient (Wildman–Crippen LogP) is 3.35. The van der Waals surface area contributed by atoms with Crippen LogP contribution in [0.3, 0.4) is 0 Å². The number of aryl methyl sites for hydroxylation is 1. The minimum atomic E-state index is -0.770. The van der Waals surface area contributed by atoms with Crippen molar-refractivity contribution in [1.29, 1.82) is 0 Å². The average molecular weight is 403 g/mol. The second-order valence-corrected chi connectivity index (χ2v) is 6.31. The molecule has 7 nitrogen and oxygen atoms in total. The van der Waals surface area contributed by atoms with Crippen molar-refractivity contribution in [3.05, 3.63) is 65.5 Å². The fraction of sp³-hybridized carbons (Fsp3) is 0.250. The number of hydrogen-bond donors (Lipinski definition) is 2. The van der Waals surface area contributed by atoms with Gasteiger partial charge in [-0.05, 0) is 31.5 Å². The van der Waals surface area contributed by atoms with E-state index in [1.165, 1.54) is 0 Å². The average Bonchev–Trinajstić information content (AvgIpc) is 3.18. The van der Waals surface area contributed by atoms with Gasteiger partial charge < -0.3 is 20.3 Å². The van der Waals surface area contributed by atoms with E-state index in [1.807, 2.05) is 55.5 Å². The molecule has 1 amide bonds. The molecule has 2 atom stereocenters. The first kappa shape index (κ1) is 21.4. The summed E-state index contributed by atoms with van der Waals surface area (Å²) in [6.45, 7) is 3.75. The maximum Gasteiger partial charge on any atom is 0.249 e. The highest BCUT2D eigenvalue weighted by Gasteiger charge is 2.22. The summed E-state index contributed by atoms with van der Waals surface area (Å²) in [5.41, 5.74) is 8.66. The second kappa shape index (κ2) is 9.34. The van der Waals surface area contributed by atoms with Crippen LogP contribution < -0.4 is 15.8 Å². The number of aromatic nitrogens is 2. The Morgan fingerprint density at radius 1 is 1.21 bits per heavy atom. The van der Waals surface area contributed by atoms with Gasteiger partial charge in [-0.25, -0.2) is 0 Å². The van der Waals surface area contributed by atoms with E-state index >= 15 is 0 Å². The molecule has 0 bridgehead atoms. The molecular weight excluding hydrogens is 380 g/mol. The standard InChI is InChI=1S/C20H22N4O3.ClH/c1-12-7-9-14(10-8-12)17(21)19(25)22-13(2)20-23-18(24-27-20)15-5-4-6-16(11-15)26-3;/h4-11,13,17H,21H2,1-3H3,(H,22,25);1H. The molecule has 28 heavy (non-hydrogen) atoms. The third kappa shape index (κ3) is 4.88. The van der Waals surface area contributed by atoms with Gasteiger partial charge in [-0.15, -0.1) is 12.4 Å². The molecule has 0 radical (unpaired) electrons. The van der Waals surface area contributed by atoms with E-state index in [4.69, 9.17) is 15.0 Å². The van der Waals surface area contributed by atoms with Gasteiger partial charge in [-0.2, -0.15) is 4.98 Å². The van der Waals surface area contributed by atoms with Crippen molar-refractivity contribution in [2.24, 2.45) is 5.73 Å². The zero-order valence-corrected chi connectivity index (χ0v) is 16.7. The summed E-state index contributed by atoms with van der Waals surface area (Å²) >= 11 is 0. The van der Waals surface area contributed by atoms with E-state index in [0.717, 1.165) is 16.7 Å². The first-order valence-electron chi connectivity index (χ1n) is 8.58. The lowest BCUT2D eigenvalue weighted by atomic mass is 10.1. The Balaban J connectivity index is 0.00000280. The smallest absolute Gasteiger partial charge is 0.249 e. The third-order valence-corrected chi connectivity index (χ3v) is 4.22. The topological polar surface area (TPSA) is 103 Å². The van der Waals surface area contributed by atoms with Crippen molar-refractivity contribution in [1.82, 2.24) is 15.5 Å². The molecule has 0 saturated heterocycles. The molecule has 2 unspecified atom stereocenters. The number of benzene rings is 2. The predicted molar refractivity (Wildman–Crippen MR) is 108 cm³/mol. The molecule has 0 saturated carbocycles. The van der Waals surface area contributed by atoms with Gasteiger partial charge in [0.2, 0.25) is 17.6 Å². The van der Waals surface area contributed by atoms with Crippen molar-refractivity contribution >= 4 is 18.3 Å². The number of rotatable bonds is 6. The Kier molecular flexibility index (Phi) is 7.14. The molecule has 1 aromatic heterocycles. The van der Waals surface area contributed by atoms with Crippen LogP contribution in [0.2, 0.25) is 0 Å². The van der Waals surface area contributed by atoms with Gasteiger partial charge in [0.15, 0.2) is 0 Å². The van der Waals surface area contributed by atoms with E-state index in [2.05, 4.69) is 15.5 Å². The largest absolute Gasteiger partial charge is 0.497 e. The van der Waals surface area contributed by atoms with Crippen molar-refractivity contribution in [3.63, 3.8) is 0 Å². The Labute approximate surface area is 169 Å². The molecule has 8 heteroatoms. The molecule has 1 heterocycles. The van der Waals surface area contributed by atoms with E-state index in [9.17, 15) is 4.79 Å². The van der Waals surface area contributed by atoms with Gasteiger partial charge in [-0.3, -0.25) is 4.79 Å². The first-order chi connectivity index (χ1) is 13.0. The summed E-state index contributed by atoms with van der Waals surface area (Å²) < 4.78 is 10.5. The molecule has 0 aliphatic heterocycles. The molecule has 3 aromatic rings. The quantitative estimate of drug-likeness (QED) is 0.655. The van der Waals surface area contributed by atoms with E-state index in [-0.39, 0.29) is 18.3 Å². The van der Waals surface area contributed by atoms with Crippen molar-refractivity contribution in [3.8, 4) is 17.1 Å². The fourth-order valence-electron chi connectivity index (χ4n) is 2.58. The highest BCUT2D eigenvalue weighted by molar-refractivity contribution is 5.85. The van der Waals surface area contributed by atoms with Crippen molar-refractivity contribution in [2.75, 3.05) is 7.11 Å². The van der Waals surface area contributed by atoms with Crippen LogP contribution in [0.15, 0.2) is 53.1 Å². The van der Waals surface area contributed by atoms with E-state index in [0.29, 0.717) is 17.5 Å². The number of carbonyl (C=O) groups is 1. The number of amides is 1. The van der Waals surface area contributed by atoms with Gasteiger partial charge in [0.1, 0.15) is 17.8 Å². The van der Waals surface area contributed by atoms with Gasteiger partial charge in [0.05, 0.1) is 7.11 Å². The summed E-state index contributed by atoms with van der Waals surface area (Å²) in [6, 6.07) is 13.6. The summed E-state index contributed by atoms with van der Waals surface area (Å²) in [4.78, 5) is 16.8. The van der Waals surface area contributed by atoms with Crippen LogP contribution in [0.1, 0.15) is 36.0 Å². The van der Waals surface area contributed by atoms with Crippen LogP contribution in [0.5, 0.6) is 5.75 Å². The monoisotopic (exact) mass is 402 g/mol. The number of hydrogen-bond acceptors (Lipinski definition) is 6. The Morgan fingerprint density at radius 3 is 2.61 bits per heavy atom. The molecule has 0 spiro atoms. The van der Waals surface area contributed by atoms with E-state index < -0.39 is 12.1 Å². The zero-order chi connectivity index (χ0) is 19.4. The molecule has 0 aliphatic rings. The number of nitrogens with two attached hydrogens (primary N) is 1. The Hall–Kier alpha value is -2.90. The van der Waals surface area contributed by atoms with Gasteiger partial charge in [0, 0.05) is 5.56 Å². The van der Waals surface area contributed by atoms with Gasteiger partial charge in [0.25, 0.3) is 0 Å². The molecule has 0 fully saturated rings. The fourth-order valence-corrected chi connectivity index (χ4v) is 2.58. The summed E-state index contributed by atoms with van der Waals surface area (Å²) in [7, 11) is 1.59. The number of nitrogens with one attached hydrogen (secondary N) is 1. The molecule has 148 valence electrons. The molecule has 3 N–H and O–H groups in total. The van der Waals surface area contributed by atoms with Gasteiger partial charge >= 0.3 is 0 Å². The van der Waals surface area contributed by atoms with Crippen LogP contribution >= 0.6 is 12.4 Å². The van der Waals surface area contributed by atoms with Crippen LogP contribution in [-0.2, 0) is 4.79 Å². The van der Waals surface area contributed by atoms with Crippen molar-refractivity contribution in [2.45, 2.75) is 25.9 Å². The minimum absolute atomic E-state index is 0. The lowest BCUT2D eigenvalue weighted by Gasteiger charge is -2.15. The SMILES string of the molecule is COc1cccc(-c2noc(C(C)NC(=O)C(N)c3ccc(C)cc3)n2)c1.Cl. The molecule has 3 rings (SSSR count). The molecule has 0 aliphatic carbocycles. The summed E-state index contributed by atoms with van der Waals surface area (Å²) in [6.07, 6.45) is 0. The number of methoxy groups -OCH3 is 1. The van der Waals surface area contributed by atoms with Crippen LogP contribution in [0.4, 0.5) is 0 Å². The highest BCUT2D eigenvalue weighted by Crippen LogP contribution is 2.23. The summed E-state index contributed by atoms with van der Waals surface area (Å²) in [5, 5.41) is 6.79. The maximum atomic E-state index is 12.4. The molecule has 2 aromatic carbocycles. The number of nitrogens with zero attached hydrogens (tertiary/aromatic N) is 2. The van der Waals surface area contributed by atoms with Gasteiger partial charge in [-0.1, -0.05) is 47.1 Å². The van der Waals surface area contributed by atoms with Crippen LogP contribution in [0, 0.1) is 6.92 Å². The third-order valence-electron chi connectivity index (χ3n) is 4.22. The Bertz CT molecular complexity index is 927. The Morgan fingerprint density at radius 2 is 1.93 bits per heavy atom. The lowest BCUT2D eigenvalue weighted by Crippen LogP contribution is -2.35. The number of halogens is 1. The normalized spacial score (nSPS) is 12.6. The van der Waals surface area contributed by atoms with Crippen LogP contribution in [-0.4, -0.2) is 23.2 Å². The highest BCUT2D eigenvalue weighted by atomic mass is 35.5. The lowest BCUT2D eigenvalue weighted by molar-refractivity contribution is -0.123. The minimum Gasteiger partial charge on any atom is -0.497 e. The second-order valence-electron chi connectivity index (χ2n) is 6.31. The first-order valence-corrected chi connectivity index (χ1v) is 8.58.